The Morgan fingerprint density at radius 3 is 2.62 bits per heavy atom. The van der Waals surface area contributed by atoms with Gasteiger partial charge >= 0.3 is 0 Å². The highest BCUT2D eigenvalue weighted by Gasteiger charge is 2.06. The number of aryl methyl sites for hydroxylation is 1. The molecule has 0 aliphatic carbocycles. The zero-order valence-corrected chi connectivity index (χ0v) is 8.60. The fourth-order valence-electron chi connectivity index (χ4n) is 0.927. The average molecular weight is 246 g/mol. The highest BCUT2D eigenvalue weighted by Crippen LogP contribution is 2.26. The van der Waals surface area contributed by atoms with E-state index in [2.05, 4.69) is 20.9 Å². The number of hydrogen-bond donors (Lipinski definition) is 2. The number of rotatable bonds is 1. The van der Waals surface area contributed by atoms with Crippen LogP contribution >= 0.6 is 15.9 Å². The Morgan fingerprint density at radius 1 is 1.46 bits per heavy atom. The number of benzene rings is 1. The molecule has 13 heavy (non-hydrogen) atoms. The van der Waals surface area contributed by atoms with Crippen molar-refractivity contribution in [3.8, 4) is 0 Å². The normalized spacial score (nSPS) is 9.77. The highest BCUT2D eigenvalue weighted by molar-refractivity contribution is 9.10. The van der Waals surface area contributed by atoms with Gasteiger partial charge in [0.15, 0.2) is 11.8 Å². The second-order valence-electron chi connectivity index (χ2n) is 2.62. The van der Waals surface area contributed by atoms with Gasteiger partial charge in [0.2, 0.25) is 0 Å². The predicted molar refractivity (Wildman–Crippen MR) is 54.3 cm³/mol. The molecule has 0 heterocycles. The Bertz CT molecular complexity index is 359. The molecule has 0 saturated heterocycles. The molecular formula is C8H9BrFN3. The van der Waals surface area contributed by atoms with Crippen LogP contribution in [-0.2, 0) is 0 Å². The van der Waals surface area contributed by atoms with Crippen LogP contribution in [0.4, 0.5) is 10.1 Å². The maximum atomic E-state index is 13.3. The van der Waals surface area contributed by atoms with Crippen molar-refractivity contribution >= 4 is 27.6 Å². The molecule has 0 spiro atoms. The van der Waals surface area contributed by atoms with Gasteiger partial charge in [0, 0.05) is 0 Å². The summed E-state index contributed by atoms with van der Waals surface area (Å²) in [5, 5.41) is 0. The van der Waals surface area contributed by atoms with Crippen LogP contribution in [0.2, 0.25) is 0 Å². The molecule has 0 bridgehead atoms. The summed E-state index contributed by atoms with van der Waals surface area (Å²) < 4.78 is 13.6. The molecule has 0 amide bonds. The molecule has 0 atom stereocenters. The van der Waals surface area contributed by atoms with Crippen molar-refractivity contribution in [2.45, 2.75) is 6.92 Å². The van der Waals surface area contributed by atoms with Crippen LogP contribution in [0.3, 0.4) is 0 Å². The van der Waals surface area contributed by atoms with Crippen molar-refractivity contribution in [3.63, 3.8) is 0 Å². The number of guanidine groups is 1. The summed E-state index contributed by atoms with van der Waals surface area (Å²) in [6.45, 7) is 1.83. The fourth-order valence-corrected chi connectivity index (χ4v) is 1.49. The summed E-state index contributed by atoms with van der Waals surface area (Å²) in [5.74, 6) is -0.615. The van der Waals surface area contributed by atoms with Gasteiger partial charge in [-0.1, -0.05) is 0 Å². The zero-order chi connectivity index (χ0) is 10.0. The van der Waals surface area contributed by atoms with E-state index in [0.717, 1.165) is 5.56 Å². The summed E-state index contributed by atoms with van der Waals surface area (Å²) in [6, 6.07) is 3.22. The van der Waals surface area contributed by atoms with Crippen molar-refractivity contribution in [3.05, 3.63) is 28.0 Å². The summed E-state index contributed by atoms with van der Waals surface area (Å²) in [4.78, 5) is 3.65. The minimum atomic E-state index is -0.459. The van der Waals surface area contributed by atoms with E-state index in [0.29, 0.717) is 4.47 Å². The van der Waals surface area contributed by atoms with E-state index >= 15 is 0 Å². The third-order valence-electron chi connectivity index (χ3n) is 1.40. The van der Waals surface area contributed by atoms with Gasteiger partial charge in [-0.3, -0.25) is 0 Å². The number of nitrogens with zero attached hydrogens (tertiary/aromatic N) is 1. The van der Waals surface area contributed by atoms with Gasteiger partial charge in [-0.25, -0.2) is 9.38 Å². The molecule has 0 radical (unpaired) electrons. The number of hydrogen-bond acceptors (Lipinski definition) is 1. The highest BCUT2D eigenvalue weighted by atomic mass is 79.9. The Kier molecular flexibility index (Phi) is 2.87. The lowest BCUT2D eigenvalue weighted by molar-refractivity contribution is 0.623. The van der Waals surface area contributed by atoms with Crippen LogP contribution in [0.25, 0.3) is 0 Å². The maximum Gasteiger partial charge on any atom is 0.191 e. The van der Waals surface area contributed by atoms with Crippen molar-refractivity contribution in [1.82, 2.24) is 0 Å². The molecule has 0 unspecified atom stereocenters. The first-order valence-electron chi connectivity index (χ1n) is 3.56. The van der Waals surface area contributed by atoms with Crippen LogP contribution in [0.5, 0.6) is 0 Å². The molecule has 3 nitrogen and oxygen atoms in total. The van der Waals surface area contributed by atoms with Crippen LogP contribution in [0.1, 0.15) is 5.56 Å². The molecule has 4 N–H and O–H groups in total. The van der Waals surface area contributed by atoms with E-state index in [4.69, 9.17) is 11.5 Å². The van der Waals surface area contributed by atoms with Crippen LogP contribution in [0.15, 0.2) is 21.6 Å². The molecule has 1 rings (SSSR count). The largest absolute Gasteiger partial charge is 0.370 e. The minimum Gasteiger partial charge on any atom is -0.370 e. The molecule has 5 heteroatoms. The van der Waals surface area contributed by atoms with Crippen molar-refractivity contribution in [1.29, 1.82) is 0 Å². The molecule has 70 valence electrons. The summed E-state index contributed by atoms with van der Waals surface area (Å²) in [6.07, 6.45) is 0. The SMILES string of the molecule is Cc1cc(Br)c(F)c(N=C(N)N)c1. The van der Waals surface area contributed by atoms with E-state index in [9.17, 15) is 4.39 Å². The Balaban J connectivity index is 3.28. The van der Waals surface area contributed by atoms with E-state index in [-0.39, 0.29) is 11.6 Å². The molecular weight excluding hydrogens is 237 g/mol. The summed E-state index contributed by atoms with van der Waals surface area (Å²) >= 11 is 3.06. The van der Waals surface area contributed by atoms with Gasteiger partial charge in [-0.15, -0.1) is 0 Å². The first-order chi connectivity index (χ1) is 6.00. The Hall–Kier alpha value is -1.10. The molecule has 1 aromatic carbocycles. The first-order valence-corrected chi connectivity index (χ1v) is 4.35. The Labute approximate surface area is 83.8 Å². The topological polar surface area (TPSA) is 64.4 Å². The van der Waals surface area contributed by atoms with Gasteiger partial charge in [0.05, 0.1) is 4.47 Å². The van der Waals surface area contributed by atoms with Gasteiger partial charge in [0.25, 0.3) is 0 Å². The second kappa shape index (κ2) is 3.74. The van der Waals surface area contributed by atoms with Crippen LogP contribution < -0.4 is 11.5 Å². The lowest BCUT2D eigenvalue weighted by atomic mass is 10.2. The molecule has 0 aromatic heterocycles. The van der Waals surface area contributed by atoms with Gasteiger partial charge < -0.3 is 11.5 Å². The predicted octanol–water partition coefficient (Wildman–Crippen LogP) is 1.80. The summed E-state index contributed by atoms with van der Waals surface area (Å²) in [5.41, 5.74) is 11.3. The smallest absolute Gasteiger partial charge is 0.191 e. The van der Waals surface area contributed by atoms with Gasteiger partial charge in [0.1, 0.15) is 5.69 Å². The van der Waals surface area contributed by atoms with E-state index in [1.807, 2.05) is 6.92 Å². The van der Waals surface area contributed by atoms with E-state index in [1.54, 1.807) is 12.1 Å². The van der Waals surface area contributed by atoms with E-state index in [1.165, 1.54) is 0 Å². The zero-order valence-electron chi connectivity index (χ0n) is 7.01. The van der Waals surface area contributed by atoms with Crippen molar-refractivity contribution in [2.24, 2.45) is 16.5 Å². The standard InChI is InChI=1S/C8H9BrFN3/c1-4-2-5(9)7(10)6(3-4)13-8(11)12/h2-3H,1H3,(H4,11,12,13). The Morgan fingerprint density at radius 2 is 2.08 bits per heavy atom. The first kappa shape index (κ1) is 9.98. The van der Waals surface area contributed by atoms with Crippen molar-refractivity contribution < 1.29 is 4.39 Å². The third kappa shape index (κ3) is 2.42. The molecule has 0 aliphatic rings. The quantitative estimate of drug-likeness (QED) is 0.586. The maximum absolute atomic E-state index is 13.3. The monoisotopic (exact) mass is 245 g/mol. The molecule has 0 aliphatic heterocycles. The molecule has 0 saturated carbocycles. The number of halogens is 2. The number of aliphatic imine (C=N–C) groups is 1. The van der Waals surface area contributed by atoms with Crippen LogP contribution in [-0.4, -0.2) is 5.96 Å². The van der Waals surface area contributed by atoms with Crippen LogP contribution in [0, 0.1) is 12.7 Å². The van der Waals surface area contributed by atoms with E-state index < -0.39 is 5.82 Å². The summed E-state index contributed by atoms with van der Waals surface area (Å²) in [7, 11) is 0. The minimum absolute atomic E-state index is 0.145. The van der Waals surface area contributed by atoms with Gasteiger partial charge in [-0.05, 0) is 40.5 Å². The lowest BCUT2D eigenvalue weighted by Crippen LogP contribution is -2.22. The average Bonchev–Trinajstić information content (AvgIpc) is 1.98. The number of nitrogens with two attached hydrogens (primary N) is 2. The lowest BCUT2D eigenvalue weighted by Gasteiger charge is -2.01. The van der Waals surface area contributed by atoms with Gasteiger partial charge in [-0.2, -0.15) is 0 Å². The molecule has 1 aromatic rings. The fraction of sp³-hybridized carbons (Fsp3) is 0.125. The van der Waals surface area contributed by atoms with Crippen molar-refractivity contribution in [2.75, 3.05) is 0 Å². The third-order valence-corrected chi connectivity index (χ3v) is 1.98. The molecule has 0 fully saturated rings. The second-order valence-corrected chi connectivity index (χ2v) is 3.47.